The molecule has 39 heavy (non-hydrogen) atoms. The molecule has 0 saturated carbocycles. The molecule has 0 radical (unpaired) electrons. The zero-order valence-electron chi connectivity index (χ0n) is 22.8. The topological polar surface area (TPSA) is 96.4 Å². The molecule has 0 aliphatic carbocycles. The number of ether oxygens (including phenoxy) is 2. The van der Waals surface area contributed by atoms with Gasteiger partial charge in [0.1, 0.15) is 5.75 Å². The predicted molar refractivity (Wildman–Crippen MR) is 150 cm³/mol. The highest BCUT2D eigenvalue weighted by molar-refractivity contribution is 7.89. The number of aliphatic hydroxyl groups excluding tert-OH is 1. The summed E-state index contributed by atoms with van der Waals surface area (Å²) in [7, 11) is -0.819. The van der Waals surface area contributed by atoms with Crippen LogP contribution in [0.25, 0.3) is 11.1 Å². The molecule has 1 amide bonds. The van der Waals surface area contributed by atoms with Crippen LogP contribution in [0.15, 0.2) is 77.7 Å². The summed E-state index contributed by atoms with van der Waals surface area (Å²) in [4.78, 5) is 15.7. The van der Waals surface area contributed by atoms with E-state index in [9.17, 15) is 18.3 Å². The molecule has 3 atom stereocenters. The maximum Gasteiger partial charge on any atom is 0.254 e. The summed E-state index contributed by atoms with van der Waals surface area (Å²) in [6.45, 7) is 4.14. The van der Waals surface area contributed by atoms with Crippen LogP contribution < -0.4 is 4.74 Å². The molecule has 0 unspecified atom stereocenters. The van der Waals surface area contributed by atoms with E-state index in [0.29, 0.717) is 11.3 Å². The molecule has 208 valence electrons. The molecule has 0 aromatic heterocycles. The largest absolute Gasteiger partial charge is 0.497 e. The third-order valence-electron chi connectivity index (χ3n) is 7.28. The van der Waals surface area contributed by atoms with Crippen LogP contribution in [0.1, 0.15) is 29.8 Å². The number of rotatable bonds is 7. The lowest BCUT2D eigenvalue weighted by Crippen LogP contribution is -2.47. The van der Waals surface area contributed by atoms with Crippen LogP contribution >= 0.6 is 0 Å². The number of methoxy groups -OCH3 is 1. The Hall–Kier alpha value is -3.24. The van der Waals surface area contributed by atoms with Crippen LogP contribution in [0.4, 0.5) is 0 Å². The fraction of sp³-hybridized carbons (Fsp3) is 0.367. The molecular weight excluding hydrogens is 516 g/mol. The van der Waals surface area contributed by atoms with Gasteiger partial charge in [-0.3, -0.25) is 4.79 Å². The summed E-state index contributed by atoms with van der Waals surface area (Å²) >= 11 is 0. The molecule has 4 rings (SSSR count). The van der Waals surface area contributed by atoms with Gasteiger partial charge in [-0.1, -0.05) is 55.5 Å². The highest BCUT2D eigenvalue weighted by Crippen LogP contribution is 2.31. The number of sulfonamides is 1. The van der Waals surface area contributed by atoms with Crippen molar-refractivity contribution in [1.82, 2.24) is 9.21 Å². The summed E-state index contributed by atoms with van der Waals surface area (Å²) in [5.74, 6) is 0.0162. The zero-order valence-corrected chi connectivity index (χ0v) is 23.6. The Balaban J connectivity index is 1.72. The Labute approximate surface area is 230 Å². The Morgan fingerprint density at radius 1 is 1.05 bits per heavy atom. The van der Waals surface area contributed by atoms with Crippen LogP contribution in [-0.4, -0.2) is 74.6 Å². The normalized spacial score (nSPS) is 19.1. The van der Waals surface area contributed by atoms with Crippen molar-refractivity contribution in [3.8, 4) is 16.9 Å². The van der Waals surface area contributed by atoms with Gasteiger partial charge in [0, 0.05) is 37.7 Å². The van der Waals surface area contributed by atoms with Crippen LogP contribution in [0.2, 0.25) is 0 Å². The molecule has 3 aromatic rings. The monoisotopic (exact) mass is 552 g/mol. The van der Waals surface area contributed by atoms with Crippen LogP contribution in [0.3, 0.4) is 0 Å². The van der Waals surface area contributed by atoms with Crippen molar-refractivity contribution in [3.63, 3.8) is 0 Å². The van der Waals surface area contributed by atoms with E-state index in [1.54, 1.807) is 30.0 Å². The fourth-order valence-electron chi connectivity index (χ4n) is 4.84. The maximum absolute atomic E-state index is 13.9. The average molecular weight is 553 g/mol. The van der Waals surface area contributed by atoms with Gasteiger partial charge in [-0.2, -0.15) is 4.31 Å². The number of fused-ring (bicyclic) bond motifs is 3. The Morgan fingerprint density at radius 2 is 1.72 bits per heavy atom. The molecular formula is C30H36N2O6S. The second kappa shape index (κ2) is 12.3. The average Bonchev–Trinajstić information content (AvgIpc) is 2.98. The van der Waals surface area contributed by atoms with Crippen LogP contribution in [0.5, 0.6) is 5.75 Å². The second-order valence-electron chi connectivity index (χ2n) is 9.98. The van der Waals surface area contributed by atoms with Gasteiger partial charge in [-0.15, -0.1) is 0 Å². The number of carbonyl (C=O) groups is 1. The number of likely N-dealkylation sites (N-methyl/N-ethyl adjacent to an activating group) is 1. The lowest BCUT2D eigenvalue weighted by atomic mass is 9.94. The standard InChI is InChI=1S/C30H36N2O6S/c1-21-17-32(22(2)19-33)30(34)28-15-8-7-14-27(28)26-13-6-5-10-23(26)20-38-29(21)18-31(3)39(35,36)25-12-9-11-24(16-25)37-4/h5-16,21-22,29,33H,17-20H2,1-4H3/t21-,22-,29-/m0/s1. The summed E-state index contributed by atoms with van der Waals surface area (Å²) in [5, 5.41) is 10.0. The minimum absolute atomic E-state index is 0.0748. The number of benzene rings is 3. The Bertz CT molecular complexity index is 1410. The molecule has 0 bridgehead atoms. The predicted octanol–water partition coefficient (Wildman–Crippen LogP) is 4.04. The summed E-state index contributed by atoms with van der Waals surface area (Å²) in [6.07, 6.45) is -0.536. The van der Waals surface area contributed by atoms with Crippen molar-refractivity contribution < 1.29 is 27.8 Å². The van der Waals surface area contributed by atoms with E-state index in [2.05, 4.69) is 0 Å². The van der Waals surface area contributed by atoms with Crippen LogP contribution in [0, 0.1) is 5.92 Å². The molecule has 0 spiro atoms. The molecule has 1 N–H and O–H groups in total. The van der Waals surface area contributed by atoms with E-state index in [1.807, 2.05) is 49.4 Å². The van der Waals surface area contributed by atoms with Crippen molar-refractivity contribution >= 4 is 15.9 Å². The molecule has 0 fully saturated rings. The van der Waals surface area contributed by atoms with Gasteiger partial charge >= 0.3 is 0 Å². The quantitative estimate of drug-likeness (QED) is 0.475. The highest BCUT2D eigenvalue weighted by atomic mass is 32.2. The number of amides is 1. The second-order valence-corrected chi connectivity index (χ2v) is 12.0. The zero-order chi connectivity index (χ0) is 28.2. The first-order chi connectivity index (χ1) is 18.7. The first-order valence-electron chi connectivity index (χ1n) is 13.0. The minimum atomic E-state index is -3.84. The molecule has 9 heteroatoms. The number of aliphatic hydroxyl groups is 1. The number of hydrogen-bond acceptors (Lipinski definition) is 6. The maximum atomic E-state index is 13.9. The van der Waals surface area contributed by atoms with Gasteiger partial charge < -0.3 is 19.5 Å². The van der Waals surface area contributed by atoms with Crippen LogP contribution in [-0.2, 0) is 21.4 Å². The van der Waals surface area contributed by atoms with Crippen molar-refractivity contribution in [3.05, 3.63) is 83.9 Å². The third-order valence-corrected chi connectivity index (χ3v) is 9.10. The van der Waals surface area contributed by atoms with Gasteiger partial charge in [0.05, 0.1) is 37.4 Å². The van der Waals surface area contributed by atoms with Crippen molar-refractivity contribution in [2.75, 3.05) is 33.9 Å². The van der Waals surface area contributed by atoms with Gasteiger partial charge in [-0.05, 0) is 41.8 Å². The third kappa shape index (κ3) is 6.17. The van der Waals surface area contributed by atoms with Gasteiger partial charge in [0.25, 0.3) is 5.91 Å². The Morgan fingerprint density at radius 3 is 2.41 bits per heavy atom. The Kier molecular flexibility index (Phi) is 9.07. The van der Waals surface area contributed by atoms with E-state index in [1.165, 1.54) is 30.6 Å². The van der Waals surface area contributed by atoms with E-state index in [-0.39, 0.29) is 43.0 Å². The smallest absolute Gasteiger partial charge is 0.254 e. The number of carbonyl (C=O) groups excluding carboxylic acids is 1. The fourth-order valence-corrected chi connectivity index (χ4v) is 6.06. The lowest BCUT2D eigenvalue weighted by Gasteiger charge is -2.35. The summed E-state index contributed by atoms with van der Waals surface area (Å²) in [6, 6.07) is 21.1. The SMILES string of the molecule is COc1cccc(S(=O)(=O)N(C)C[C@@H]2OCc3ccccc3-c3ccccc3C(=O)N([C@@H](C)CO)C[C@@H]2C)c1. The summed E-state index contributed by atoms with van der Waals surface area (Å²) < 4.78 is 39.8. The first-order valence-corrected chi connectivity index (χ1v) is 14.4. The van der Waals surface area contributed by atoms with E-state index >= 15 is 0 Å². The number of nitrogens with zero attached hydrogens (tertiary/aromatic N) is 2. The van der Waals surface area contributed by atoms with Crippen molar-refractivity contribution in [2.45, 2.75) is 37.5 Å². The van der Waals surface area contributed by atoms with Crippen molar-refractivity contribution in [1.29, 1.82) is 0 Å². The number of hydrogen-bond donors (Lipinski definition) is 1. The van der Waals surface area contributed by atoms with E-state index in [4.69, 9.17) is 9.47 Å². The molecule has 8 nitrogen and oxygen atoms in total. The van der Waals surface area contributed by atoms with Gasteiger partial charge in [0.2, 0.25) is 10.0 Å². The van der Waals surface area contributed by atoms with E-state index < -0.39 is 22.2 Å². The highest BCUT2D eigenvalue weighted by Gasteiger charge is 2.32. The first kappa shape index (κ1) is 28.8. The molecule has 3 aromatic carbocycles. The molecule has 0 saturated heterocycles. The molecule has 1 aliphatic heterocycles. The minimum Gasteiger partial charge on any atom is -0.497 e. The molecule has 1 heterocycles. The van der Waals surface area contributed by atoms with Gasteiger partial charge in [-0.25, -0.2) is 8.42 Å². The van der Waals surface area contributed by atoms with Crippen molar-refractivity contribution in [2.24, 2.45) is 5.92 Å². The van der Waals surface area contributed by atoms with Gasteiger partial charge in [0.15, 0.2) is 0 Å². The lowest BCUT2D eigenvalue weighted by molar-refractivity contribution is -0.0146. The van der Waals surface area contributed by atoms with E-state index in [0.717, 1.165) is 16.7 Å². The summed E-state index contributed by atoms with van der Waals surface area (Å²) in [5.41, 5.74) is 3.12. The molecule has 1 aliphatic rings.